The highest BCUT2D eigenvalue weighted by Gasteiger charge is 2.40. The Kier molecular flexibility index (Phi) is 17.0. The van der Waals surface area contributed by atoms with Crippen molar-refractivity contribution in [2.45, 2.75) is 58.8 Å². The SMILES string of the molecule is CC(C)(C)[C@H](Nc1cccc(C=O)c1)C(=O)N1CCCC1C(N)=O.CN1Cc2cccc(F)c2C1.CNCCN(C)C.O=CO. The van der Waals surface area contributed by atoms with Crippen LogP contribution in [0.3, 0.4) is 0 Å². The van der Waals surface area contributed by atoms with Crippen LogP contribution >= 0.6 is 0 Å². The van der Waals surface area contributed by atoms with Crippen LogP contribution in [0.4, 0.5) is 10.1 Å². The van der Waals surface area contributed by atoms with E-state index in [0.29, 0.717) is 24.2 Å². The van der Waals surface area contributed by atoms with Crippen LogP contribution in [0.15, 0.2) is 42.5 Å². The Bertz CT molecular complexity index is 1240. The van der Waals surface area contributed by atoms with Crippen LogP contribution in [0.25, 0.3) is 0 Å². The van der Waals surface area contributed by atoms with E-state index in [2.05, 4.69) is 34.5 Å². The number of hydrogen-bond donors (Lipinski definition) is 4. The van der Waals surface area contributed by atoms with Crippen LogP contribution < -0.4 is 16.4 Å². The zero-order valence-corrected chi connectivity index (χ0v) is 27.7. The number of nitrogens with zero attached hydrogens (tertiary/aromatic N) is 3. The van der Waals surface area contributed by atoms with E-state index in [-0.39, 0.29) is 23.6 Å². The first-order chi connectivity index (χ1) is 21.2. The van der Waals surface area contributed by atoms with Crippen molar-refractivity contribution < 1.29 is 28.7 Å². The summed E-state index contributed by atoms with van der Waals surface area (Å²) in [6.07, 6.45) is 2.15. The van der Waals surface area contributed by atoms with Gasteiger partial charge in [0.15, 0.2) is 0 Å². The molecule has 2 aliphatic heterocycles. The third kappa shape index (κ3) is 13.3. The minimum atomic E-state index is -0.537. The number of anilines is 1. The Morgan fingerprint density at radius 3 is 2.31 bits per heavy atom. The van der Waals surface area contributed by atoms with Gasteiger partial charge in [0.25, 0.3) is 6.47 Å². The smallest absolute Gasteiger partial charge is 0.290 e. The second-order valence-corrected chi connectivity index (χ2v) is 12.3. The lowest BCUT2D eigenvalue weighted by molar-refractivity contribution is -0.139. The Morgan fingerprint density at radius 2 is 1.80 bits per heavy atom. The number of nitrogens with two attached hydrogens (primary N) is 1. The Balaban J connectivity index is 0.000000394. The van der Waals surface area contributed by atoms with E-state index in [0.717, 1.165) is 50.0 Å². The monoisotopic (exact) mass is 630 g/mol. The molecule has 0 radical (unpaired) electrons. The summed E-state index contributed by atoms with van der Waals surface area (Å²) in [6.45, 7) is 10.00. The fourth-order valence-corrected chi connectivity index (χ4v) is 4.89. The minimum absolute atomic E-state index is 0.0631. The summed E-state index contributed by atoms with van der Waals surface area (Å²) in [5, 5.41) is 13.2. The predicted molar refractivity (Wildman–Crippen MR) is 175 cm³/mol. The molecule has 0 aromatic heterocycles. The normalized spacial score (nSPS) is 16.1. The molecule has 2 amide bonds. The zero-order chi connectivity index (χ0) is 34.2. The second kappa shape index (κ2) is 19.5. The highest BCUT2D eigenvalue weighted by molar-refractivity contribution is 5.91. The number of benzene rings is 2. The molecule has 2 aromatic rings. The van der Waals surface area contributed by atoms with Crippen molar-refractivity contribution in [3.8, 4) is 0 Å². The van der Waals surface area contributed by atoms with Crippen molar-refractivity contribution in [2.75, 3.05) is 53.1 Å². The van der Waals surface area contributed by atoms with Gasteiger partial charge in [-0.25, -0.2) is 4.39 Å². The Hall–Kier alpha value is -3.87. The van der Waals surface area contributed by atoms with Gasteiger partial charge in [0.2, 0.25) is 11.8 Å². The van der Waals surface area contributed by atoms with E-state index in [1.165, 1.54) is 6.07 Å². The molecule has 0 saturated carbocycles. The maximum atomic E-state index is 13.1. The average Bonchev–Trinajstić information content (AvgIpc) is 3.63. The van der Waals surface area contributed by atoms with Gasteiger partial charge in [-0.3, -0.25) is 24.1 Å². The summed E-state index contributed by atoms with van der Waals surface area (Å²) in [5.74, 6) is -0.663. The van der Waals surface area contributed by atoms with Gasteiger partial charge in [0.1, 0.15) is 24.2 Å². The largest absolute Gasteiger partial charge is 0.483 e. The van der Waals surface area contributed by atoms with E-state index in [1.807, 2.05) is 47.0 Å². The van der Waals surface area contributed by atoms with Gasteiger partial charge in [-0.05, 0) is 70.2 Å². The van der Waals surface area contributed by atoms with Crippen molar-refractivity contribution in [1.29, 1.82) is 0 Å². The number of carboxylic acid groups (broad SMARTS) is 1. The molecule has 2 aromatic carbocycles. The average molecular weight is 631 g/mol. The number of carbonyl (C=O) groups excluding carboxylic acids is 3. The highest BCUT2D eigenvalue weighted by atomic mass is 19.1. The maximum absolute atomic E-state index is 13.1. The molecule has 12 heteroatoms. The molecule has 0 aliphatic carbocycles. The molecule has 2 heterocycles. The molecule has 2 aliphatic rings. The molecular weight excluding hydrogens is 579 g/mol. The molecule has 0 spiro atoms. The molecule has 11 nitrogen and oxygen atoms in total. The minimum Gasteiger partial charge on any atom is -0.483 e. The van der Waals surface area contributed by atoms with Crippen LogP contribution in [0.1, 0.15) is 55.1 Å². The number of primary amides is 1. The van der Waals surface area contributed by atoms with Crippen molar-refractivity contribution in [3.63, 3.8) is 0 Å². The van der Waals surface area contributed by atoms with E-state index in [9.17, 15) is 18.8 Å². The van der Waals surface area contributed by atoms with Crippen molar-refractivity contribution >= 4 is 30.3 Å². The van der Waals surface area contributed by atoms with Gasteiger partial charge in [0.05, 0.1) is 0 Å². The second-order valence-electron chi connectivity index (χ2n) is 12.3. The van der Waals surface area contributed by atoms with Crippen LogP contribution in [0.2, 0.25) is 0 Å². The summed E-state index contributed by atoms with van der Waals surface area (Å²) in [6, 6.07) is 11.2. The number of aldehydes is 1. The first kappa shape index (κ1) is 39.2. The molecule has 1 saturated heterocycles. The number of likely N-dealkylation sites (N-methyl/N-ethyl adjacent to an activating group) is 2. The van der Waals surface area contributed by atoms with E-state index < -0.39 is 18.0 Å². The lowest BCUT2D eigenvalue weighted by Gasteiger charge is -2.35. The van der Waals surface area contributed by atoms with Crippen LogP contribution in [-0.4, -0.2) is 104 Å². The Morgan fingerprint density at radius 1 is 1.16 bits per heavy atom. The molecule has 2 atom stereocenters. The van der Waals surface area contributed by atoms with E-state index >= 15 is 0 Å². The molecule has 5 N–H and O–H groups in total. The number of likely N-dealkylation sites (tertiary alicyclic amines) is 1. The van der Waals surface area contributed by atoms with E-state index in [4.69, 9.17) is 15.6 Å². The fourth-order valence-electron chi connectivity index (χ4n) is 4.89. The summed E-state index contributed by atoms with van der Waals surface area (Å²) >= 11 is 0. The number of fused-ring (bicyclic) bond motifs is 1. The molecule has 45 heavy (non-hydrogen) atoms. The predicted octanol–water partition coefficient (Wildman–Crippen LogP) is 3.04. The van der Waals surface area contributed by atoms with Gasteiger partial charge >= 0.3 is 0 Å². The van der Waals surface area contributed by atoms with Gasteiger partial charge in [0, 0.05) is 49.5 Å². The number of nitrogens with one attached hydrogen (secondary N) is 2. The van der Waals surface area contributed by atoms with E-state index in [1.54, 1.807) is 29.2 Å². The van der Waals surface area contributed by atoms with Gasteiger partial charge in [-0.2, -0.15) is 0 Å². The molecular formula is C33H51FN6O5. The number of hydrogen-bond acceptors (Lipinski definition) is 8. The van der Waals surface area contributed by atoms with Crippen LogP contribution in [-0.2, 0) is 27.5 Å². The highest BCUT2D eigenvalue weighted by Crippen LogP contribution is 2.28. The van der Waals surface area contributed by atoms with Crippen molar-refractivity contribution in [3.05, 3.63) is 65.0 Å². The van der Waals surface area contributed by atoms with Crippen LogP contribution in [0, 0.1) is 11.2 Å². The number of amides is 2. The first-order valence-electron chi connectivity index (χ1n) is 14.9. The van der Waals surface area contributed by atoms with Gasteiger partial charge < -0.3 is 31.3 Å². The molecule has 1 unspecified atom stereocenters. The third-order valence-corrected chi connectivity index (χ3v) is 7.20. The summed E-state index contributed by atoms with van der Waals surface area (Å²) in [5.41, 5.74) is 8.30. The summed E-state index contributed by atoms with van der Waals surface area (Å²) in [7, 11) is 8.09. The molecule has 1 fully saturated rings. The zero-order valence-electron chi connectivity index (χ0n) is 27.7. The quantitative estimate of drug-likeness (QED) is 0.323. The third-order valence-electron chi connectivity index (χ3n) is 7.20. The summed E-state index contributed by atoms with van der Waals surface area (Å²) < 4.78 is 13.0. The van der Waals surface area contributed by atoms with Gasteiger partial charge in [-0.1, -0.05) is 45.0 Å². The standard InChI is InChI=1S/C18H25N3O3.C9H10FN.C5H14N2.CH2O2/c1-18(2,3)15(20-13-7-4-6-12(10-13)11-22)17(24)21-9-5-8-14(21)16(19)23;1-11-5-7-3-2-4-9(10)8(7)6-11;1-6-4-5-7(2)3;2-1-3/h4,6-7,10-11,14-15,20H,5,8-9H2,1-3H3,(H2,19,23);2-4H,5-6H2,1H3;6H,4-5H2,1-3H3;1H,(H,2,3)/t14?,15-;;;/m1.../s1. The van der Waals surface area contributed by atoms with Crippen molar-refractivity contribution in [2.24, 2.45) is 11.1 Å². The summed E-state index contributed by atoms with van der Waals surface area (Å²) in [4.78, 5) is 49.8. The number of halogens is 1. The maximum Gasteiger partial charge on any atom is 0.290 e. The molecule has 250 valence electrons. The number of carbonyl (C=O) groups is 4. The molecule has 4 rings (SSSR count). The van der Waals surface area contributed by atoms with Crippen LogP contribution in [0.5, 0.6) is 0 Å². The van der Waals surface area contributed by atoms with Gasteiger partial charge in [-0.15, -0.1) is 0 Å². The lowest BCUT2D eigenvalue weighted by Crippen LogP contribution is -2.53. The molecule has 0 bridgehead atoms. The number of rotatable bonds is 8. The fraction of sp³-hybridized carbons (Fsp3) is 0.515. The lowest BCUT2D eigenvalue weighted by atomic mass is 9.85. The van der Waals surface area contributed by atoms with Crippen molar-refractivity contribution in [1.82, 2.24) is 20.0 Å². The first-order valence-corrected chi connectivity index (χ1v) is 14.9. The Labute approximate surface area is 266 Å². The topological polar surface area (TPSA) is 148 Å².